The van der Waals surface area contributed by atoms with Crippen LogP contribution in [-0.2, 0) is 28.5 Å². The Hall–Kier alpha value is -1.02. The zero-order chi connectivity index (χ0) is 14.0. The van der Waals surface area contributed by atoms with Gasteiger partial charge in [0.05, 0.1) is 0 Å². The average molecular weight is 273 g/mol. The molecule has 0 aromatic rings. The second-order valence-electron chi connectivity index (χ2n) is 4.97. The van der Waals surface area contributed by atoms with Crippen molar-refractivity contribution < 1.29 is 28.5 Å². The number of carbonyl (C=O) groups is 2. The molecule has 7 nitrogen and oxygen atoms in total. The highest BCUT2D eigenvalue weighted by molar-refractivity contribution is 5.82. The van der Waals surface area contributed by atoms with Gasteiger partial charge in [0, 0.05) is 20.1 Å². The van der Waals surface area contributed by atoms with Crippen LogP contribution in [0.25, 0.3) is 0 Å². The molecule has 0 radical (unpaired) electrons. The van der Waals surface area contributed by atoms with Crippen molar-refractivity contribution in [2.24, 2.45) is 0 Å². The molecule has 19 heavy (non-hydrogen) atoms. The fraction of sp³-hybridized carbons (Fsp3) is 0.833. The van der Waals surface area contributed by atoms with Gasteiger partial charge in [0.25, 0.3) is 5.91 Å². The third-order valence-electron chi connectivity index (χ3n) is 3.06. The summed E-state index contributed by atoms with van der Waals surface area (Å²) in [4.78, 5) is 22.2. The molecule has 0 bridgehead atoms. The van der Waals surface area contributed by atoms with Gasteiger partial charge in [-0.2, -0.15) is 0 Å². The minimum atomic E-state index is -0.789. The molecule has 0 aromatic heterocycles. The minimum absolute atomic E-state index is 0.267. The first-order chi connectivity index (χ1) is 8.98. The van der Waals surface area contributed by atoms with E-state index in [1.165, 1.54) is 7.11 Å². The average Bonchev–Trinajstić information content (AvgIpc) is 2.82. The molecule has 0 saturated carbocycles. The van der Waals surface area contributed by atoms with Gasteiger partial charge in [0.2, 0.25) is 0 Å². The van der Waals surface area contributed by atoms with Crippen LogP contribution in [0.5, 0.6) is 0 Å². The van der Waals surface area contributed by atoms with E-state index in [-0.39, 0.29) is 18.9 Å². The lowest BCUT2D eigenvalue weighted by atomic mass is 10.1. The van der Waals surface area contributed by atoms with Gasteiger partial charge in [-0.3, -0.25) is 4.79 Å². The molecule has 108 valence electrons. The van der Waals surface area contributed by atoms with E-state index >= 15 is 0 Å². The fourth-order valence-electron chi connectivity index (χ4n) is 2.32. The molecule has 1 amide bonds. The summed E-state index contributed by atoms with van der Waals surface area (Å²) in [5.41, 5.74) is 0. The van der Waals surface area contributed by atoms with E-state index in [0.29, 0.717) is 0 Å². The number of carbonyl (C=O) groups excluding carboxylic acids is 2. The maximum absolute atomic E-state index is 12.0. The van der Waals surface area contributed by atoms with E-state index in [1.807, 2.05) is 0 Å². The van der Waals surface area contributed by atoms with Crippen LogP contribution in [0.4, 0.5) is 0 Å². The van der Waals surface area contributed by atoms with Gasteiger partial charge in [-0.05, 0) is 13.8 Å². The van der Waals surface area contributed by atoms with Gasteiger partial charge in [-0.1, -0.05) is 0 Å². The van der Waals surface area contributed by atoms with E-state index < -0.39 is 30.4 Å². The lowest BCUT2D eigenvalue weighted by molar-refractivity contribution is -0.225. The number of methoxy groups -OCH3 is 1. The van der Waals surface area contributed by atoms with Crippen molar-refractivity contribution >= 4 is 12.2 Å². The number of ether oxygens (including phenoxy) is 4. The second kappa shape index (κ2) is 5.54. The molecule has 0 aliphatic carbocycles. The van der Waals surface area contributed by atoms with Crippen LogP contribution in [0.3, 0.4) is 0 Å². The van der Waals surface area contributed by atoms with E-state index in [1.54, 1.807) is 13.8 Å². The third kappa shape index (κ3) is 2.94. The molecule has 2 fully saturated rings. The van der Waals surface area contributed by atoms with Crippen molar-refractivity contribution in [1.29, 1.82) is 0 Å². The molecule has 7 heteroatoms. The Morgan fingerprint density at radius 2 is 2.05 bits per heavy atom. The van der Waals surface area contributed by atoms with Crippen molar-refractivity contribution in [2.75, 3.05) is 13.7 Å². The Bertz CT molecular complexity index is 358. The Kier molecular flexibility index (Phi) is 4.19. The summed E-state index contributed by atoms with van der Waals surface area (Å²) in [7, 11) is 1.49. The standard InChI is InChI=1S/C12H19NO6/c1-12(2)18-7-8(10(15)13-5-4-6-14)17-11(16-3)9(7)19-12/h6-9,11H,4-5H2,1-3H3,(H,13,15)/t7-,8+,9-,11-/m0/s1. The fourth-order valence-corrected chi connectivity index (χ4v) is 2.32. The Morgan fingerprint density at radius 1 is 1.37 bits per heavy atom. The normalized spacial score (nSPS) is 35.9. The molecule has 0 unspecified atom stereocenters. The zero-order valence-corrected chi connectivity index (χ0v) is 11.3. The number of aldehydes is 1. The molecule has 0 aromatic carbocycles. The first kappa shape index (κ1) is 14.4. The number of amides is 1. The van der Waals surface area contributed by atoms with Crippen LogP contribution in [0.1, 0.15) is 20.3 Å². The summed E-state index contributed by atoms with van der Waals surface area (Å²) in [5.74, 6) is -1.09. The van der Waals surface area contributed by atoms with Gasteiger partial charge in [0.1, 0.15) is 18.5 Å². The van der Waals surface area contributed by atoms with Crippen molar-refractivity contribution in [3.63, 3.8) is 0 Å². The Morgan fingerprint density at radius 3 is 2.68 bits per heavy atom. The molecule has 4 atom stereocenters. The summed E-state index contributed by atoms with van der Waals surface area (Å²) in [6, 6.07) is 0. The third-order valence-corrected chi connectivity index (χ3v) is 3.06. The Balaban J connectivity index is 2.01. The van der Waals surface area contributed by atoms with Crippen molar-refractivity contribution in [1.82, 2.24) is 5.32 Å². The molecular weight excluding hydrogens is 254 g/mol. The SMILES string of the molecule is CO[C@H]1O[C@@H](C(=O)NCCC=O)[C@@H]2OC(C)(C)O[C@H]12. The van der Waals surface area contributed by atoms with Gasteiger partial charge in [-0.25, -0.2) is 0 Å². The summed E-state index contributed by atoms with van der Waals surface area (Å²) in [6.45, 7) is 3.83. The predicted octanol–water partition coefficient (Wildman–Crippen LogP) is -0.417. The number of rotatable bonds is 5. The van der Waals surface area contributed by atoms with Crippen molar-refractivity contribution in [3.8, 4) is 0 Å². The molecule has 1 N–H and O–H groups in total. The maximum atomic E-state index is 12.0. The van der Waals surface area contributed by atoms with E-state index in [9.17, 15) is 9.59 Å². The van der Waals surface area contributed by atoms with Crippen LogP contribution in [-0.4, -0.2) is 56.2 Å². The molecule has 2 heterocycles. The molecule has 0 spiro atoms. The largest absolute Gasteiger partial charge is 0.353 e. The molecule has 2 rings (SSSR count). The van der Waals surface area contributed by atoms with Crippen LogP contribution < -0.4 is 5.32 Å². The number of hydrogen-bond donors (Lipinski definition) is 1. The number of hydrogen-bond acceptors (Lipinski definition) is 6. The Labute approximate surface area is 111 Å². The molecule has 2 saturated heterocycles. The summed E-state index contributed by atoms with van der Waals surface area (Å²) in [5, 5.41) is 2.62. The van der Waals surface area contributed by atoms with E-state index in [0.717, 1.165) is 6.29 Å². The van der Waals surface area contributed by atoms with Crippen molar-refractivity contribution in [3.05, 3.63) is 0 Å². The molecule has 2 aliphatic heterocycles. The second-order valence-corrected chi connectivity index (χ2v) is 4.97. The first-order valence-electron chi connectivity index (χ1n) is 6.24. The van der Waals surface area contributed by atoms with E-state index in [4.69, 9.17) is 18.9 Å². The van der Waals surface area contributed by atoms with Gasteiger partial charge >= 0.3 is 0 Å². The maximum Gasteiger partial charge on any atom is 0.252 e. The highest BCUT2D eigenvalue weighted by atomic mass is 16.8. The quantitative estimate of drug-likeness (QED) is 0.541. The van der Waals surface area contributed by atoms with Crippen LogP contribution in [0.15, 0.2) is 0 Å². The summed E-state index contributed by atoms with van der Waals surface area (Å²) in [6.07, 6.45) is -1.34. The van der Waals surface area contributed by atoms with E-state index in [2.05, 4.69) is 5.32 Å². The number of nitrogens with one attached hydrogen (secondary N) is 1. The lowest BCUT2D eigenvalue weighted by Gasteiger charge is -2.23. The predicted molar refractivity (Wildman–Crippen MR) is 63.2 cm³/mol. The van der Waals surface area contributed by atoms with Crippen LogP contribution in [0, 0.1) is 0 Å². The highest BCUT2D eigenvalue weighted by Crippen LogP contribution is 2.38. The summed E-state index contributed by atoms with van der Waals surface area (Å²) < 4.78 is 22.0. The monoisotopic (exact) mass is 273 g/mol. The number of fused-ring (bicyclic) bond motifs is 1. The lowest BCUT2D eigenvalue weighted by Crippen LogP contribution is -2.43. The first-order valence-corrected chi connectivity index (χ1v) is 6.24. The van der Waals surface area contributed by atoms with Gasteiger partial charge in [-0.15, -0.1) is 0 Å². The van der Waals surface area contributed by atoms with Gasteiger partial charge < -0.3 is 29.1 Å². The zero-order valence-electron chi connectivity index (χ0n) is 11.3. The smallest absolute Gasteiger partial charge is 0.252 e. The minimum Gasteiger partial charge on any atom is -0.353 e. The van der Waals surface area contributed by atoms with Crippen LogP contribution >= 0.6 is 0 Å². The molecule has 2 aliphatic rings. The van der Waals surface area contributed by atoms with Crippen LogP contribution in [0.2, 0.25) is 0 Å². The van der Waals surface area contributed by atoms with Crippen molar-refractivity contribution in [2.45, 2.75) is 50.7 Å². The topological polar surface area (TPSA) is 83.1 Å². The van der Waals surface area contributed by atoms with Gasteiger partial charge in [0.15, 0.2) is 18.2 Å². The molecular formula is C12H19NO6. The highest BCUT2D eigenvalue weighted by Gasteiger charge is 2.57. The summed E-state index contributed by atoms with van der Waals surface area (Å²) >= 11 is 0.